The van der Waals surface area contributed by atoms with Gasteiger partial charge in [-0.05, 0) is 11.6 Å². The van der Waals surface area contributed by atoms with Gasteiger partial charge in [-0.1, -0.05) is 18.2 Å². The predicted molar refractivity (Wildman–Crippen MR) is 52.3 cm³/mol. The number of fused-ring (bicyclic) bond motifs is 1. The SMILES string of the molecule is O=C(O)C=Cc1cccc2c1OCC2. The molecule has 0 atom stereocenters. The smallest absolute Gasteiger partial charge is 0.328 e. The summed E-state index contributed by atoms with van der Waals surface area (Å²) in [5.41, 5.74) is 1.99. The van der Waals surface area contributed by atoms with Crippen LogP contribution in [0.2, 0.25) is 0 Å². The fraction of sp³-hybridized carbons (Fsp3) is 0.182. The molecule has 1 heterocycles. The van der Waals surface area contributed by atoms with Crippen molar-refractivity contribution in [1.29, 1.82) is 0 Å². The molecule has 1 aromatic carbocycles. The van der Waals surface area contributed by atoms with E-state index in [1.807, 2.05) is 18.2 Å². The van der Waals surface area contributed by atoms with E-state index in [4.69, 9.17) is 9.84 Å². The number of carboxylic acids is 1. The number of carboxylic acid groups (broad SMARTS) is 1. The van der Waals surface area contributed by atoms with Gasteiger partial charge in [0.05, 0.1) is 6.61 Å². The molecular weight excluding hydrogens is 180 g/mol. The van der Waals surface area contributed by atoms with Crippen molar-refractivity contribution in [3.63, 3.8) is 0 Å². The molecule has 72 valence electrons. The highest BCUT2D eigenvalue weighted by Gasteiger charge is 2.13. The molecular formula is C11H10O3. The highest BCUT2D eigenvalue weighted by molar-refractivity contribution is 5.86. The van der Waals surface area contributed by atoms with E-state index in [1.54, 1.807) is 6.08 Å². The lowest BCUT2D eigenvalue weighted by atomic mass is 10.1. The van der Waals surface area contributed by atoms with Gasteiger partial charge in [-0.25, -0.2) is 4.79 Å². The number of hydrogen-bond acceptors (Lipinski definition) is 2. The molecule has 0 aliphatic carbocycles. The average Bonchev–Trinajstić information content (AvgIpc) is 2.62. The second-order valence-electron chi connectivity index (χ2n) is 3.11. The monoisotopic (exact) mass is 190 g/mol. The van der Waals surface area contributed by atoms with Crippen molar-refractivity contribution in [3.8, 4) is 5.75 Å². The van der Waals surface area contributed by atoms with Gasteiger partial charge in [-0.2, -0.15) is 0 Å². The van der Waals surface area contributed by atoms with Gasteiger partial charge >= 0.3 is 5.97 Å². The third-order valence-electron chi connectivity index (χ3n) is 2.15. The number of carbonyl (C=O) groups is 1. The molecule has 1 aliphatic heterocycles. The van der Waals surface area contributed by atoms with E-state index in [9.17, 15) is 4.79 Å². The van der Waals surface area contributed by atoms with E-state index in [0.717, 1.165) is 29.4 Å². The summed E-state index contributed by atoms with van der Waals surface area (Å²) >= 11 is 0. The Morgan fingerprint density at radius 1 is 1.50 bits per heavy atom. The molecule has 0 fully saturated rings. The molecule has 14 heavy (non-hydrogen) atoms. The van der Waals surface area contributed by atoms with E-state index >= 15 is 0 Å². The maximum absolute atomic E-state index is 10.3. The van der Waals surface area contributed by atoms with Crippen LogP contribution in [-0.2, 0) is 11.2 Å². The highest BCUT2D eigenvalue weighted by Crippen LogP contribution is 2.30. The first kappa shape index (κ1) is 8.81. The van der Waals surface area contributed by atoms with Crippen molar-refractivity contribution in [2.75, 3.05) is 6.61 Å². The van der Waals surface area contributed by atoms with Crippen LogP contribution >= 0.6 is 0 Å². The molecule has 3 heteroatoms. The van der Waals surface area contributed by atoms with Gasteiger partial charge in [-0.3, -0.25) is 0 Å². The first-order valence-electron chi connectivity index (χ1n) is 4.43. The Kier molecular flexibility index (Phi) is 2.23. The van der Waals surface area contributed by atoms with Gasteiger partial charge in [0.25, 0.3) is 0 Å². The molecule has 0 saturated heterocycles. The Balaban J connectivity index is 2.35. The summed E-state index contributed by atoms with van der Waals surface area (Å²) in [6.07, 6.45) is 3.59. The largest absolute Gasteiger partial charge is 0.492 e. The van der Waals surface area contributed by atoms with Crippen LogP contribution in [0.5, 0.6) is 5.75 Å². The zero-order chi connectivity index (χ0) is 9.97. The molecule has 1 aliphatic rings. The zero-order valence-electron chi connectivity index (χ0n) is 7.56. The fourth-order valence-corrected chi connectivity index (χ4v) is 1.53. The third-order valence-corrected chi connectivity index (χ3v) is 2.15. The van der Waals surface area contributed by atoms with E-state index in [-0.39, 0.29) is 0 Å². The molecule has 0 aromatic heterocycles. The van der Waals surface area contributed by atoms with E-state index < -0.39 is 5.97 Å². The molecule has 2 rings (SSSR count). The van der Waals surface area contributed by atoms with Gasteiger partial charge in [0, 0.05) is 18.1 Å². The molecule has 0 radical (unpaired) electrons. The number of ether oxygens (including phenoxy) is 1. The summed E-state index contributed by atoms with van der Waals surface area (Å²) in [4.78, 5) is 10.3. The van der Waals surface area contributed by atoms with Crippen LogP contribution in [0.25, 0.3) is 6.08 Å². The number of benzene rings is 1. The molecule has 0 spiro atoms. The highest BCUT2D eigenvalue weighted by atomic mass is 16.5. The number of hydrogen-bond donors (Lipinski definition) is 1. The van der Waals surface area contributed by atoms with E-state index in [2.05, 4.69) is 0 Å². The van der Waals surface area contributed by atoms with Gasteiger partial charge in [0.2, 0.25) is 0 Å². The molecule has 0 unspecified atom stereocenters. The third kappa shape index (κ3) is 1.62. The van der Waals surface area contributed by atoms with Crippen molar-refractivity contribution in [1.82, 2.24) is 0 Å². The second-order valence-corrected chi connectivity index (χ2v) is 3.11. The zero-order valence-corrected chi connectivity index (χ0v) is 7.56. The summed E-state index contributed by atoms with van der Waals surface area (Å²) in [7, 11) is 0. The molecule has 1 N–H and O–H groups in total. The van der Waals surface area contributed by atoms with Crippen LogP contribution in [0.3, 0.4) is 0 Å². The van der Waals surface area contributed by atoms with Crippen LogP contribution in [0.15, 0.2) is 24.3 Å². The van der Waals surface area contributed by atoms with Gasteiger partial charge in [-0.15, -0.1) is 0 Å². The second kappa shape index (κ2) is 3.54. The van der Waals surface area contributed by atoms with E-state index in [0.29, 0.717) is 6.61 Å². The minimum absolute atomic E-state index is 0.688. The maximum Gasteiger partial charge on any atom is 0.328 e. The Bertz CT molecular complexity index is 394. The normalized spacial score (nSPS) is 14.0. The molecule has 0 saturated carbocycles. The lowest BCUT2D eigenvalue weighted by molar-refractivity contribution is -0.131. The first-order chi connectivity index (χ1) is 6.77. The number of rotatable bonds is 2. The topological polar surface area (TPSA) is 46.5 Å². The van der Waals surface area contributed by atoms with Crippen molar-refractivity contribution >= 4 is 12.0 Å². The lowest BCUT2D eigenvalue weighted by Gasteiger charge is -2.02. The standard InChI is InChI=1S/C11H10O3/c12-10(13)5-4-8-2-1-3-9-6-7-14-11(8)9/h1-5H,6-7H2,(H,12,13). The van der Waals surface area contributed by atoms with Gasteiger partial charge in [0.1, 0.15) is 5.75 Å². The molecule has 1 aromatic rings. The molecule has 0 amide bonds. The average molecular weight is 190 g/mol. The predicted octanol–water partition coefficient (Wildman–Crippen LogP) is 1.72. The minimum Gasteiger partial charge on any atom is -0.492 e. The Hall–Kier alpha value is -1.77. The molecule has 0 bridgehead atoms. The van der Waals surface area contributed by atoms with Crippen LogP contribution in [0, 0.1) is 0 Å². The van der Waals surface area contributed by atoms with Crippen LogP contribution < -0.4 is 4.74 Å². The van der Waals surface area contributed by atoms with Crippen molar-refractivity contribution in [3.05, 3.63) is 35.4 Å². The fourth-order valence-electron chi connectivity index (χ4n) is 1.53. The maximum atomic E-state index is 10.3. The van der Waals surface area contributed by atoms with Gasteiger partial charge < -0.3 is 9.84 Å². The van der Waals surface area contributed by atoms with Crippen LogP contribution in [-0.4, -0.2) is 17.7 Å². The van der Waals surface area contributed by atoms with E-state index in [1.165, 1.54) is 0 Å². The summed E-state index contributed by atoms with van der Waals surface area (Å²) in [6.45, 7) is 0.688. The van der Waals surface area contributed by atoms with Crippen molar-refractivity contribution < 1.29 is 14.6 Å². The quantitative estimate of drug-likeness (QED) is 0.722. The number of para-hydroxylation sites is 1. The summed E-state index contributed by atoms with van der Waals surface area (Å²) in [6, 6.07) is 5.76. The summed E-state index contributed by atoms with van der Waals surface area (Å²) < 4.78 is 5.42. The van der Waals surface area contributed by atoms with Crippen molar-refractivity contribution in [2.45, 2.75) is 6.42 Å². The Morgan fingerprint density at radius 2 is 2.36 bits per heavy atom. The Morgan fingerprint density at radius 3 is 3.14 bits per heavy atom. The van der Waals surface area contributed by atoms with Crippen molar-refractivity contribution in [2.24, 2.45) is 0 Å². The summed E-state index contributed by atoms with van der Waals surface area (Å²) in [5.74, 6) is -0.120. The van der Waals surface area contributed by atoms with Crippen LogP contribution in [0.4, 0.5) is 0 Å². The molecule has 3 nitrogen and oxygen atoms in total. The Labute approximate surface area is 81.6 Å². The minimum atomic E-state index is -0.944. The van der Waals surface area contributed by atoms with Crippen LogP contribution in [0.1, 0.15) is 11.1 Å². The summed E-state index contributed by atoms with van der Waals surface area (Å²) in [5, 5.41) is 8.50. The lowest BCUT2D eigenvalue weighted by Crippen LogP contribution is -1.89. The van der Waals surface area contributed by atoms with Gasteiger partial charge in [0.15, 0.2) is 0 Å². The first-order valence-corrected chi connectivity index (χ1v) is 4.43. The number of aliphatic carboxylic acids is 1.